The predicted octanol–water partition coefficient (Wildman–Crippen LogP) is 4.08. The Balaban J connectivity index is 1.97. The zero-order chi connectivity index (χ0) is 14.1. The highest BCUT2D eigenvalue weighted by Crippen LogP contribution is 2.37. The van der Waals surface area contributed by atoms with E-state index in [9.17, 15) is 4.39 Å². The first kappa shape index (κ1) is 13.6. The molecule has 2 aromatic rings. The van der Waals surface area contributed by atoms with Crippen LogP contribution in [0.5, 0.6) is 0 Å². The number of benzene rings is 1. The molecule has 1 aromatic heterocycles. The average Bonchev–Trinajstić information content (AvgIpc) is 3.12. The second-order valence-corrected chi connectivity index (χ2v) is 6.43. The molecule has 1 aliphatic carbocycles. The molecule has 0 aliphatic heterocycles. The van der Waals surface area contributed by atoms with Gasteiger partial charge in [-0.05, 0) is 43.3 Å². The SMILES string of the molecule is C[C@H](N)c1c(F)cccc1N(Cc1cccs1)C1CC1. The number of nitrogens with two attached hydrogens (primary N) is 1. The highest BCUT2D eigenvalue weighted by molar-refractivity contribution is 7.09. The van der Waals surface area contributed by atoms with Gasteiger partial charge in [-0.2, -0.15) is 0 Å². The van der Waals surface area contributed by atoms with Crippen LogP contribution in [0.3, 0.4) is 0 Å². The topological polar surface area (TPSA) is 29.3 Å². The quantitative estimate of drug-likeness (QED) is 0.899. The maximum absolute atomic E-state index is 14.1. The maximum atomic E-state index is 14.1. The smallest absolute Gasteiger partial charge is 0.130 e. The molecule has 1 aliphatic rings. The van der Waals surface area contributed by atoms with Crippen molar-refractivity contribution >= 4 is 17.0 Å². The van der Waals surface area contributed by atoms with Crippen LogP contribution in [0.25, 0.3) is 0 Å². The molecule has 0 bridgehead atoms. The second-order valence-electron chi connectivity index (χ2n) is 5.40. The van der Waals surface area contributed by atoms with Crippen molar-refractivity contribution in [1.29, 1.82) is 0 Å². The van der Waals surface area contributed by atoms with E-state index < -0.39 is 0 Å². The van der Waals surface area contributed by atoms with Gasteiger partial charge in [0.15, 0.2) is 0 Å². The Morgan fingerprint density at radius 2 is 2.15 bits per heavy atom. The van der Waals surface area contributed by atoms with Crippen molar-refractivity contribution in [3.8, 4) is 0 Å². The number of hydrogen-bond acceptors (Lipinski definition) is 3. The molecule has 106 valence electrons. The number of halogens is 1. The molecule has 1 saturated carbocycles. The molecular formula is C16H19FN2S. The van der Waals surface area contributed by atoms with Gasteiger partial charge < -0.3 is 10.6 Å². The fourth-order valence-electron chi connectivity index (χ4n) is 2.59. The lowest BCUT2D eigenvalue weighted by Crippen LogP contribution is -2.27. The van der Waals surface area contributed by atoms with Crippen molar-refractivity contribution in [2.45, 2.75) is 38.4 Å². The number of thiophene rings is 1. The highest BCUT2D eigenvalue weighted by atomic mass is 32.1. The zero-order valence-corrected chi connectivity index (χ0v) is 12.4. The van der Waals surface area contributed by atoms with E-state index in [-0.39, 0.29) is 11.9 Å². The summed E-state index contributed by atoms with van der Waals surface area (Å²) in [5.41, 5.74) is 7.57. The molecule has 4 heteroatoms. The molecule has 0 unspecified atom stereocenters. The average molecular weight is 290 g/mol. The molecule has 1 fully saturated rings. The van der Waals surface area contributed by atoms with Crippen LogP contribution in [0.15, 0.2) is 35.7 Å². The van der Waals surface area contributed by atoms with Gasteiger partial charge >= 0.3 is 0 Å². The van der Waals surface area contributed by atoms with E-state index in [4.69, 9.17) is 5.73 Å². The third-order valence-corrected chi connectivity index (χ3v) is 4.55. The molecular weight excluding hydrogens is 271 g/mol. The van der Waals surface area contributed by atoms with E-state index in [1.807, 2.05) is 13.0 Å². The summed E-state index contributed by atoms with van der Waals surface area (Å²) in [7, 11) is 0. The monoisotopic (exact) mass is 290 g/mol. The van der Waals surface area contributed by atoms with E-state index in [1.54, 1.807) is 17.4 Å². The Labute approximate surface area is 123 Å². The van der Waals surface area contributed by atoms with Crippen molar-refractivity contribution in [3.05, 3.63) is 52.0 Å². The predicted molar refractivity (Wildman–Crippen MR) is 82.5 cm³/mol. The number of anilines is 1. The molecule has 0 radical (unpaired) electrons. The Morgan fingerprint density at radius 1 is 1.35 bits per heavy atom. The second kappa shape index (κ2) is 5.54. The molecule has 3 rings (SSSR count). The van der Waals surface area contributed by atoms with Crippen molar-refractivity contribution < 1.29 is 4.39 Å². The van der Waals surface area contributed by atoms with Crippen LogP contribution in [-0.2, 0) is 6.54 Å². The molecule has 0 saturated heterocycles. The largest absolute Gasteiger partial charge is 0.363 e. The van der Waals surface area contributed by atoms with Crippen LogP contribution in [-0.4, -0.2) is 6.04 Å². The molecule has 2 nitrogen and oxygen atoms in total. The summed E-state index contributed by atoms with van der Waals surface area (Å²) in [5, 5.41) is 2.08. The fourth-order valence-corrected chi connectivity index (χ4v) is 3.30. The van der Waals surface area contributed by atoms with Crippen LogP contribution < -0.4 is 10.6 Å². The van der Waals surface area contributed by atoms with E-state index in [0.29, 0.717) is 11.6 Å². The van der Waals surface area contributed by atoms with Crippen molar-refractivity contribution in [2.24, 2.45) is 5.73 Å². The minimum Gasteiger partial charge on any atom is -0.363 e. The molecule has 1 heterocycles. The first-order valence-corrected chi connectivity index (χ1v) is 7.88. The van der Waals surface area contributed by atoms with E-state index in [2.05, 4.69) is 22.4 Å². The number of rotatable bonds is 5. The van der Waals surface area contributed by atoms with Crippen molar-refractivity contribution in [2.75, 3.05) is 4.90 Å². The summed E-state index contributed by atoms with van der Waals surface area (Å²) >= 11 is 1.74. The third-order valence-electron chi connectivity index (χ3n) is 3.69. The van der Waals surface area contributed by atoms with Gasteiger partial charge in [0.2, 0.25) is 0 Å². The number of hydrogen-bond donors (Lipinski definition) is 1. The molecule has 2 N–H and O–H groups in total. The molecule has 1 atom stereocenters. The first-order chi connectivity index (χ1) is 9.66. The molecule has 1 aromatic carbocycles. The summed E-state index contributed by atoms with van der Waals surface area (Å²) in [6, 6.07) is 9.69. The Kier molecular flexibility index (Phi) is 3.76. The van der Waals surface area contributed by atoms with Gasteiger partial charge in [0.05, 0.1) is 6.54 Å². The summed E-state index contributed by atoms with van der Waals surface area (Å²) < 4.78 is 14.1. The summed E-state index contributed by atoms with van der Waals surface area (Å²) in [6.45, 7) is 2.68. The highest BCUT2D eigenvalue weighted by Gasteiger charge is 2.31. The molecule has 0 amide bonds. The van der Waals surface area contributed by atoms with E-state index in [1.165, 1.54) is 23.8 Å². The van der Waals surface area contributed by atoms with Crippen LogP contribution in [0.4, 0.5) is 10.1 Å². The van der Waals surface area contributed by atoms with Crippen LogP contribution in [0.1, 0.15) is 36.2 Å². The normalized spacial score (nSPS) is 16.1. The van der Waals surface area contributed by atoms with Gasteiger partial charge in [0.25, 0.3) is 0 Å². The van der Waals surface area contributed by atoms with Gasteiger partial charge in [-0.3, -0.25) is 0 Å². The van der Waals surface area contributed by atoms with E-state index in [0.717, 1.165) is 12.2 Å². The van der Waals surface area contributed by atoms with Crippen LogP contribution in [0.2, 0.25) is 0 Å². The van der Waals surface area contributed by atoms with Crippen molar-refractivity contribution in [3.63, 3.8) is 0 Å². The Morgan fingerprint density at radius 3 is 2.75 bits per heavy atom. The maximum Gasteiger partial charge on any atom is 0.130 e. The van der Waals surface area contributed by atoms with Gasteiger partial charge in [-0.25, -0.2) is 4.39 Å². The molecule has 0 spiro atoms. The van der Waals surface area contributed by atoms with Gasteiger partial charge in [-0.15, -0.1) is 11.3 Å². The van der Waals surface area contributed by atoms with Gasteiger partial charge in [0, 0.05) is 28.2 Å². The summed E-state index contributed by atoms with van der Waals surface area (Å²) in [4.78, 5) is 3.62. The lowest BCUT2D eigenvalue weighted by atomic mass is 10.0. The van der Waals surface area contributed by atoms with Crippen LogP contribution >= 0.6 is 11.3 Å². The van der Waals surface area contributed by atoms with Crippen LogP contribution in [0, 0.1) is 5.82 Å². The van der Waals surface area contributed by atoms with E-state index >= 15 is 0 Å². The molecule has 20 heavy (non-hydrogen) atoms. The Hall–Kier alpha value is -1.39. The minimum absolute atomic E-state index is 0.200. The fraction of sp³-hybridized carbons (Fsp3) is 0.375. The standard InChI is InChI=1S/C16H19FN2S/c1-11(18)16-14(17)5-2-6-15(16)19(12-7-8-12)10-13-4-3-9-20-13/h2-6,9,11-12H,7-8,10,18H2,1H3/t11-/m0/s1. The lowest BCUT2D eigenvalue weighted by Gasteiger charge is -2.28. The van der Waals surface area contributed by atoms with Gasteiger partial charge in [-0.1, -0.05) is 12.1 Å². The lowest BCUT2D eigenvalue weighted by molar-refractivity contribution is 0.590. The number of nitrogens with zero attached hydrogens (tertiary/aromatic N) is 1. The minimum atomic E-state index is -0.296. The van der Waals surface area contributed by atoms with Crippen molar-refractivity contribution in [1.82, 2.24) is 0 Å². The zero-order valence-electron chi connectivity index (χ0n) is 11.6. The first-order valence-electron chi connectivity index (χ1n) is 7.00. The third kappa shape index (κ3) is 2.72. The van der Waals surface area contributed by atoms with Gasteiger partial charge in [0.1, 0.15) is 5.82 Å². The summed E-state index contributed by atoms with van der Waals surface area (Å²) in [5.74, 6) is -0.200. The Bertz CT molecular complexity index is 576. The summed E-state index contributed by atoms with van der Waals surface area (Å²) in [6.07, 6.45) is 2.36.